The molecule has 1 amide bonds. The third-order valence-corrected chi connectivity index (χ3v) is 4.20. The lowest BCUT2D eigenvalue weighted by Gasteiger charge is -2.13. The highest BCUT2D eigenvalue weighted by Crippen LogP contribution is 2.31. The van der Waals surface area contributed by atoms with Crippen LogP contribution in [-0.2, 0) is 11.0 Å². The minimum Gasteiger partial charge on any atom is -0.325 e. The van der Waals surface area contributed by atoms with E-state index >= 15 is 0 Å². The summed E-state index contributed by atoms with van der Waals surface area (Å²) in [7, 11) is 0. The van der Waals surface area contributed by atoms with Crippen LogP contribution in [0.4, 0.5) is 18.9 Å². The number of amides is 1. The van der Waals surface area contributed by atoms with Crippen molar-refractivity contribution in [1.29, 1.82) is 0 Å². The summed E-state index contributed by atoms with van der Waals surface area (Å²) in [5.74, 6) is -0.400. The highest BCUT2D eigenvalue weighted by Gasteiger charge is 2.32. The Morgan fingerprint density at radius 1 is 1.12 bits per heavy atom. The minimum absolute atomic E-state index is 0.0884. The van der Waals surface area contributed by atoms with Crippen molar-refractivity contribution in [3.05, 3.63) is 64.7 Å². The van der Waals surface area contributed by atoms with Crippen molar-refractivity contribution in [3.8, 4) is 0 Å². The fraction of sp³-hybridized carbons (Fsp3) is 0.235. The van der Waals surface area contributed by atoms with Crippen LogP contribution < -0.4 is 16.2 Å². The van der Waals surface area contributed by atoms with Gasteiger partial charge < -0.3 is 5.32 Å². The van der Waals surface area contributed by atoms with Crippen LogP contribution in [0.5, 0.6) is 0 Å². The van der Waals surface area contributed by atoms with Gasteiger partial charge in [0.2, 0.25) is 5.91 Å². The predicted octanol–water partition coefficient (Wildman–Crippen LogP) is 3.91. The summed E-state index contributed by atoms with van der Waals surface area (Å²) in [6, 6.07) is 11.1. The average Bonchev–Trinajstić information content (AvgIpc) is 3.05. The van der Waals surface area contributed by atoms with E-state index in [1.807, 2.05) is 12.1 Å². The molecular formula is C17H15ClF3N3O. The van der Waals surface area contributed by atoms with Crippen molar-refractivity contribution >= 4 is 23.2 Å². The summed E-state index contributed by atoms with van der Waals surface area (Å²) < 4.78 is 38.2. The average molecular weight is 370 g/mol. The van der Waals surface area contributed by atoms with E-state index in [2.05, 4.69) is 16.2 Å². The van der Waals surface area contributed by atoms with Crippen LogP contribution >= 0.6 is 11.6 Å². The third kappa shape index (κ3) is 4.31. The molecule has 132 valence electrons. The van der Waals surface area contributed by atoms with E-state index in [1.54, 1.807) is 12.1 Å². The van der Waals surface area contributed by atoms with Gasteiger partial charge in [-0.15, -0.1) is 0 Å². The lowest BCUT2D eigenvalue weighted by Crippen LogP contribution is -2.39. The molecule has 0 aromatic heterocycles. The molecule has 1 saturated heterocycles. The van der Waals surface area contributed by atoms with Gasteiger partial charge in [0.1, 0.15) is 6.04 Å². The standard InChI is InChI=1S/C17H15ClF3N3O/c18-12-6-4-10(5-7-12)14-9-15(24-23-14)16(25)22-13-3-1-2-11(8-13)17(19,20)21/h1-8,14-15,23-24H,9H2,(H,22,25). The second-order valence-electron chi connectivity index (χ2n) is 5.75. The van der Waals surface area contributed by atoms with Crippen LogP contribution in [0.15, 0.2) is 48.5 Å². The molecule has 3 rings (SSSR count). The summed E-state index contributed by atoms with van der Waals surface area (Å²) in [4.78, 5) is 12.3. The fourth-order valence-corrected chi connectivity index (χ4v) is 2.77. The molecule has 2 atom stereocenters. The number of anilines is 1. The highest BCUT2D eigenvalue weighted by atomic mass is 35.5. The van der Waals surface area contributed by atoms with E-state index in [4.69, 9.17) is 11.6 Å². The number of nitrogens with one attached hydrogen (secondary N) is 3. The van der Waals surface area contributed by atoms with Crippen LogP contribution in [0.3, 0.4) is 0 Å². The Kier molecular flexibility index (Phi) is 4.99. The molecule has 1 fully saturated rings. The van der Waals surface area contributed by atoms with Crippen LogP contribution in [0, 0.1) is 0 Å². The molecule has 0 radical (unpaired) electrons. The molecule has 1 heterocycles. The van der Waals surface area contributed by atoms with Crippen molar-refractivity contribution in [2.24, 2.45) is 0 Å². The number of hydrogen-bond acceptors (Lipinski definition) is 3. The van der Waals surface area contributed by atoms with Gasteiger partial charge in [-0.2, -0.15) is 13.2 Å². The zero-order chi connectivity index (χ0) is 18.0. The summed E-state index contributed by atoms with van der Waals surface area (Å²) in [5, 5.41) is 3.13. The maximum atomic E-state index is 12.7. The van der Waals surface area contributed by atoms with Crippen molar-refractivity contribution < 1.29 is 18.0 Å². The van der Waals surface area contributed by atoms with E-state index in [1.165, 1.54) is 12.1 Å². The molecule has 1 aliphatic rings. The second kappa shape index (κ2) is 7.03. The van der Waals surface area contributed by atoms with Crippen LogP contribution in [0.1, 0.15) is 23.6 Å². The van der Waals surface area contributed by atoms with Crippen LogP contribution in [-0.4, -0.2) is 11.9 Å². The van der Waals surface area contributed by atoms with Crippen molar-refractivity contribution in [2.75, 3.05) is 5.32 Å². The minimum atomic E-state index is -4.45. The van der Waals surface area contributed by atoms with E-state index < -0.39 is 23.7 Å². The molecule has 0 saturated carbocycles. The Morgan fingerprint density at radius 3 is 2.52 bits per heavy atom. The number of benzene rings is 2. The second-order valence-corrected chi connectivity index (χ2v) is 6.19. The normalized spacial score (nSPS) is 20.5. The lowest BCUT2D eigenvalue weighted by atomic mass is 10.0. The number of carbonyl (C=O) groups excluding carboxylic acids is 1. The Balaban J connectivity index is 1.64. The van der Waals surface area contributed by atoms with Gasteiger partial charge in [0.15, 0.2) is 0 Å². The number of hydrazine groups is 1. The quantitative estimate of drug-likeness (QED) is 0.769. The number of alkyl halides is 3. The maximum Gasteiger partial charge on any atom is 0.416 e. The topological polar surface area (TPSA) is 53.2 Å². The first-order chi connectivity index (χ1) is 11.8. The SMILES string of the molecule is O=C(Nc1cccc(C(F)(F)F)c1)C1CC(c2ccc(Cl)cc2)NN1. The molecule has 8 heteroatoms. The predicted molar refractivity (Wildman–Crippen MR) is 88.9 cm³/mol. The largest absolute Gasteiger partial charge is 0.416 e. The number of carbonyl (C=O) groups is 1. The summed E-state index contributed by atoms with van der Waals surface area (Å²) in [5.41, 5.74) is 6.15. The van der Waals surface area contributed by atoms with Gasteiger partial charge in [-0.1, -0.05) is 29.8 Å². The molecule has 2 aromatic carbocycles. The summed E-state index contributed by atoms with van der Waals surface area (Å²) >= 11 is 5.85. The molecular weight excluding hydrogens is 355 g/mol. The van der Waals surface area contributed by atoms with Gasteiger partial charge in [-0.3, -0.25) is 4.79 Å². The van der Waals surface area contributed by atoms with Crippen molar-refractivity contribution in [3.63, 3.8) is 0 Å². The van der Waals surface area contributed by atoms with Gasteiger partial charge in [0.05, 0.1) is 5.56 Å². The molecule has 25 heavy (non-hydrogen) atoms. The summed E-state index contributed by atoms with van der Waals surface area (Å²) in [6.45, 7) is 0. The first kappa shape index (κ1) is 17.7. The highest BCUT2D eigenvalue weighted by molar-refractivity contribution is 6.30. The first-order valence-corrected chi connectivity index (χ1v) is 7.95. The third-order valence-electron chi connectivity index (χ3n) is 3.95. The Hall–Kier alpha value is -2.09. The molecule has 2 unspecified atom stereocenters. The van der Waals surface area contributed by atoms with Gasteiger partial charge >= 0.3 is 6.18 Å². The molecule has 0 bridgehead atoms. The van der Waals surface area contributed by atoms with E-state index in [0.29, 0.717) is 11.4 Å². The molecule has 0 spiro atoms. The zero-order valence-corrected chi connectivity index (χ0v) is 13.7. The number of rotatable bonds is 3. The summed E-state index contributed by atoms with van der Waals surface area (Å²) in [6.07, 6.45) is -3.99. The van der Waals surface area contributed by atoms with Gasteiger partial charge in [0, 0.05) is 16.8 Å². The van der Waals surface area contributed by atoms with E-state index in [9.17, 15) is 18.0 Å². The smallest absolute Gasteiger partial charge is 0.325 e. The number of hydrogen-bond donors (Lipinski definition) is 3. The Morgan fingerprint density at radius 2 is 1.84 bits per heavy atom. The van der Waals surface area contributed by atoms with E-state index in [-0.39, 0.29) is 11.7 Å². The Bertz CT molecular complexity index is 764. The maximum absolute atomic E-state index is 12.7. The zero-order valence-electron chi connectivity index (χ0n) is 12.9. The van der Waals surface area contributed by atoms with Gasteiger partial charge in [-0.05, 0) is 42.3 Å². The van der Waals surface area contributed by atoms with Crippen molar-refractivity contribution in [2.45, 2.75) is 24.7 Å². The van der Waals surface area contributed by atoms with Gasteiger partial charge in [-0.25, -0.2) is 10.9 Å². The van der Waals surface area contributed by atoms with E-state index in [0.717, 1.165) is 17.7 Å². The number of halogens is 4. The lowest BCUT2D eigenvalue weighted by molar-refractivity contribution is -0.137. The first-order valence-electron chi connectivity index (χ1n) is 7.57. The molecule has 3 N–H and O–H groups in total. The molecule has 0 aliphatic carbocycles. The van der Waals surface area contributed by atoms with Crippen LogP contribution in [0.2, 0.25) is 5.02 Å². The van der Waals surface area contributed by atoms with Crippen LogP contribution in [0.25, 0.3) is 0 Å². The molecule has 2 aromatic rings. The Labute approximate surface area is 147 Å². The monoisotopic (exact) mass is 369 g/mol. The van der Waals surface area contributed by atoms with Gasteiger partial charge in [0.25, 0.3) is 0 Å². The molecule has 4 nitrogen and oxygen atoms in total. The molecule has 1 aliphatic heterocycles. The van der Waals surface area contributed by atoms with Crippen molar-refractivity contribution in [1.82, 2.24) is 10.9 Å². The fourth-order valence-electron chi connectivity index (χ4n) is 2.64.